The van der Waals surface area contributed by atoms with Gasteiger partial charge in [-0.15, -0.1) is 0 Å². The van der Waals surface area contributed by atoms with Gasteiger partial charge in [0.15, 0.2) is 0 Å². The second-order valence-corrected chi connectivity index (χ2v) is 5.12. The SMILES string of the molecule is CC(CO)n1c(C2CC2)nc2cccc(C(=O)O)c21. The third-order valence-corrected chi connectivity index (χ3v) is 3.62. The number of nitrogens with zero attached hydrogens (tertiary/aromatic N) is 2. The highest BCUT2D eigenvalue weighted by atomic mass is 16.4. The van der Waals surface area contributed by atoms with Crippen LogP contribution in [0.3, 0.4) is 0 Å². The largest absolute Gasteiger partial charge is 0.478 e. The molecule has 1 aromatic carbocycles. The predicted molar refractivity (Wildman–Crippen MR) is 70.5 cm³/mol. The lowest BCUT2D eigenvalue weighted by atomic mass is 10.1. The van der Waals surface area contributed by atoms with Gasteiger partial charge in [-0.1, -0.05) is 6.07 Å². The first-order valence-electron chi connectivity index (χ1n) is 6.48. The average Bonchev–Trinajstić information content (AvgIpc) is 3.17. The van der Waals surface area contributed by atoms with E-state index in [1.54, 1.807) is 12.1 Å². The molecule has 0 spiro atoms. The summed E-state index contributed by atoms with van der Waals surface area (Å²) in [5.41, 5.74) is 1.57. The molecule has 1 atom stereocenters. The number of carbonyl (C=O) groups is 1. The molecule has 100 valence electrons. The molecule has 5 nitrogen and oxygen atoms in total. The van der Waals surface area contributed by atoms with Crippen LogP contribution in [0.4, 0.5) is 0 Å². The van der Waals surface area contributed by atoms with Crippen LogP contribution >= 0.6 is 0 Å². The minimum atomic E-state index is -0.959. The van der Waals surface area contributed by atoms with Gasteiger partial charge in [-0.25, -0.2) is 9.78 Å². The standard InChI is InChI=1S/C14H16N2O3/c1-8(7-17)16-12-10(14(18)19)3-2-4-11(12)15-13(16)9-5-6-9/h2-4,8-9,17H,5-7H2,1H3,(H,18,19). The number of carboxylic acids is 1. The quantitative estimate of drug-likeness (QED) is 0.883. The number of rotatable bonds is 4. The molecule has 19 heavy (non-hydrogen) atoms. The number of carboxylic acid groups (broad SMARTS) is 1. The summed E-state index contributed by atoms with van der Waals surface area (Å²) >= 11 is 0. The van der Waals surface area contributed by atoms with E-state index >= 15 is 0 Å². The molecule has 1 heterocycles. The van der Waals surface area contributed by atoms with Crippen molar-refractivity contribution in [2.24, 2.45) is 0 Å². The van der Waals surface area contributed by atoms with Crippen LogP contribution in [0, 0.1) is 0 Å². The minimum Gasteiger partial charge on any atom is -0.478 e. The fourth-order valence-corrected chi connectivity index (χ4v) is 2.50. The fraction of sp³-hybridized carbons (Fsp3) is 0.429. The van der Waals surface area contributed by atoms with E-state index in [0.717, 1.165) is 18.7 Å². The number of hydrogen-bond donors (Lipinski definition) is 2. The Labute approximate surface area is 110 Å². The second kappa shape index (κ2) is 4.35. The van der Waals surface area contributed by atoms with Crippen molar-refractivity contribution in [3.63, 3.8) is 0 Å². The molecule has 0 bridgehead atoms. The van der Waals surface area contributed by atoms with Crippen molar-refractivity contribution < 1.29 is 15.0 Å². The highest BCUT2D eigenvalue weighted by Crippen LogP contribution is 2.42. The summed E-state index contributed by atoms with van der Waals surface area (Å²) in [6.07, 6.45) is 2.17. The molecule has 1 unspecified atom stereocenters. The summed E-state index contributed by atoms with van der Waals surface area (Å²) in [6, 6.07) is 4.96. The van der Waals surface area contributed by atoms with Crippen LogP contribution in [0.1, 0.15) is 47.9 Å². The first kappa shape index (κ1) is 12.2. The molecule has 2 aromatic rings. The topological polar surface area (TPSA) is 75.3 Å². The van der Waals surface area contributed by atoms with Crippen LogP contribution < -0.4 is 0 Å². The van der Waals surface area contributed by atoms with Gasteiger partial charge in [0.1, 0.15) is 5.82 Å². The van der Waals surface area contributed by atoms with Gasteiger partial charge in [0.25, 0.3) is 0 Å². The van der Waals surface area contributed by atoms with E-state index < -0.39 is 5.97 Å². The van der Waals surface area contributed by atoms with Crippen LogP contribution in [0.25, 0.3) is 11.0 Å². The Morgan fingerprint density at radius 2 is 2.26 bits per heavy atom. The third kappa shape index (κ3) is 1.90. The highest BCUT2D eigenvalue weighted by molar-refractivity contribution is 6.01. The maximum absolute atomic E-state index is 11.4. The molecule has 0 aliphatic heterocycles. The molecule has 5 heteroatoms. The Balaban J connectivity index is 2.32. The Morgan fingerprint density at radius 3 is 2.84 bits per heavy atom. The van der Waals surface area contributed by atoms with Gasteiger partial charge in [0.05, 0.1) is 29.2 Å². The summed E-state index contributed by atoms with van der Waals surface area (Å²) in [7, 11) is 0. The third-order valence-electron chi connectivity index (χ3n) is 3.62. The van der Waals surface area contributed by atoms with Crippen molar-refractivity contribution in [3.8, 4) is 0 Å². The lowest BCUT2D eigenvalue weighted by Gasteiger charge is -2.16. The summed E-state index contributed by atoms with van der Waals surface area (Å²) in [6.45, 7) is 1.85. The maximum Gasteiger partial charge on any atom is 0.337 e. The van der Waals surface area contributed by atoms with Crippen LogP contribution in [-0.4, -0.2) is 32.3 Å². The number of aliphatic hydroxyl groups excluding tert-OH is 1. The van der Waals surface area contributed by atoms with Crippen molar-refractivity contribution in [1.29, 1.82) is 0 Å². The van der Waals surface area contributed by atoms with Gasteiger partial charge in [-0.05, 0) is 31.9 Å². The number of fused-ring (bicyclic) bond motifs is 1. The van der Waals surface area contributed by atoms with Crippen LogP contribution in [-0.2, 0) is 0 Å². The zero-order valence-corrected chi connectivity index (χ0v) is 10.7. The normalized spacial score (nSPS) is 16.7. The van der Waals surface area contributed by atoms with E-state index in [9.17, 15) is 15.0 Å². The maximum atomic E-state index is 11.4. The summed E-state index contributed by atoms with van der Waals surface area (Å²) < 4.78 is 1.90. The molecule has 1 aliphatic carbocycles. The van der Waals surface area contributed by atoms with Gasteiger partial charge in [-0.2, -0.15) is 0 Å². The molecular weight excluding hydrogens is 244 g/mol. The van der Waals surface area contributed by atoms with Gasteiger partial charge in [-0.3, -0.25) is 0 Å². The zero-order chi connectivity index (χ0) is 13.6. The molecule has 1 fully saturated rings. The number of benzene rings is 1. The monoisotopic (exact) mass is 260 g/mol. The summed E-state index contributed by atoms with van der Waals surface area (Å²) in [5.74, 6) is 0.354. The van der Waals surface area contributed by atoms with E-state index in [-0.39, 0.29) is 18.2 Å². The predicted octanol–water partition coefficient (Wildman–Crippen LogP) is 2.17. The number of hydrogen-bond acceptors (Lipinski definition) is 3. The Morgan fingerprint density at radius 1 is 1.53 bits per heavy atom. The smallest absolute Gasteiger partial charge is 0.337 e. The van der Waals surface area contributed by atoms with Gasteiger partial charge in [0, 0.05) is 5.92 Å². The Hall–Kier alpha value is -1.88. The van der Waals surface area contributed by atoms with Crippen molar-refractivity contribution >= 4 is 17.0 Å². The first-order valence-corrected chi connectivity index (χ1v) is 6.48. The lowest BCUT2D eigenvalue weighted by molar-refractivity contribution is 0.0698. The lowest BCUT2D eigenvalue weighted by Crippen LogP contribution is -2.14. The van der Waals surface area contributed by atoms with Crippen LogP contribution in [0.5, 0.6) is 0 Å². The van der Waals surface area contributed by atoms with Gasteiger partial charge < -0.3 is 14.8 Å². The fourth-order valence-electron chi connectivity index (χ4n) is 2.50. The van der Waals surface area contributed by atoms with E-state index in [1.807, 2.05) is 17.6 Å². The molecular formula is C14H16N2O3. The number of imidazole rings is 1. The van der Waals surface area contributed by atoms with E-state index in [1.165, 1.54) is 0 Å². The highest BCUT2D eigenvalue weighted by Gasteiger charge is 2.32. The molecule has 3 rings (SSSR count). The average molecular weight is 260 g/mol. The molecule has 1 aromatic heterocycles. The van der Waals surface area contributed by atoms with E-state index in [0.29, 0.717) is 17.0 Å². The van der Waals surface area contributed by atoms with Crippen molar-refractivity contribution in [1.82, 2.24) is 9.55 Å². The summed E-state index contributed by atoms with van der Waals surface area (Å²) in [4.78, 5) is 15.9. The number of aromatic nitrogens is 2. The Bertz CT molecular complexity index is 643. The molecule has 0 amide bonds. The summed E-state index contributed by atoms with van der Waals surface area (Å²) in [5, 5.41) is 18.7. The van der Waals surface area contributed by atoms with Crippen molar-refractivity contribution in [2.45, 2.75) is 31.7 Å². The van der Waals surface area contributed by atoms with Crippen LogP contribution in [0.15, 0.2) is 18.2 Å². The molecule has 0 radical (unpaired) electrons. The van der Waals surface area contributed by atoms with Gasteiger partial charge >= 0.3 is 5.97 Å². The molecule has 0 saturated heterocycles. The first-order chi connectivity index (χ1) is 9.13. The van der Waals surface area contributed by atoms with E-state index in [4.69, 9.17) is 0 Å². The van der Waals surface area contributed by atoms with E-state index in [2.05, 4.69) is 4.98 Å². The number of aromatic carboxylic acids is 1. The number of para-hydroxylation sites is 1. The molecule has 1 aliphatic rings. The van der Waals surface area contributed by atoms with Crippen molar-refractivity contribution in [2.75, 3.05) is 6.61 Å². The molecule has 1 saturated carbocycles. The van der Waals surface area contributed by atoms with Gasteiger partial charge in [0.2, 0.25) is 0 Å². The zero-order valence-electron chi connectivity index (χ0n) is 10.7. The number of aliphatic hydroxyl groups is 1. The minimum absolute atomic E-state index is 0.0286. The Kier molecular flexibility index (Phi) is 2.78. The second-order valence-electron chi connectivity index (χ2n) is 5.12. The van der Waals surface area contributed by atoms with Crippen LogP contribution in [0.2, 0.25) is 0 Å². The molecule has 2 N–H and O–H groups in total. The van der Waals surface area contributed by atoms with Crippen molar-refractivity contribution in [3.05, 3.63) is 29.6 Å².